The molecule has 0 amide bonds. The van der Waals surface area contributed by atoms with Crippen LogP contribution in [0.1, 0.15) is 18.2 Å². The maximum absolute atomic E-state index is 12.5. The summed E-state index contributed by atoms with van der Waals surface area (Å²) in [5.41, 5.74) is 2.85. The van der Waals surface area contributed by atoms with Crippen molar-refractivity contribution in [2.75, 3.05) is 6.61 Å². The van der Waals surface area contributed by atoms with Crippen LogP contribution >= 0.6 is 0 Å². The van der Waals surface area contributed by atoms with E-state index in [9.17, 15) is 9.59 Å². The molecule has 1 aromatic carbocycles. The lowest BCUT2D eigenvalue weighted by atomic mass is 10.1. The average molecular weight is 325 g/mol. The minimum atomic E-state index is -0.441. The van der Waals surface area contributed by atoms with Crippen molar-refractivity contribution in [3.05, 3.63) is 58.0 Å². The summed E-state index contributed by atoms with van der Waals surface area (Å²) >= 11 is 0. The second kappa shape index (κ2) is 6.31. The van der Waals surface area contributed by atoms with Crippen LogP contribution in [0.3, 0.4) is 0 Å². The predicted octanol–water partition coefficient (Wildman–Crippen LogP) is 2.37. The van der Waals surface area contributed by atoms with E-state index in [1.807, 2.05) is 44.2 Å². The van der Waals surface area contributed by atoms with Gasteiger partial charge in [0.05, 0.1) is 18.0 Å². The molecule has 0 atom stereocenters. The number of pyridine rings is 1. The van der Waals surface area contributed by atoms with E-state index in [1.165, 1.54) is 10.6 Å². The zero-order valence-corrected chi connectivity index (χ0v) is 13.9. The van der Waals surface area contributed by atoms with E-state index in [1.54, 1.807) is 11.6 Å². The molecule has 124 valence electrons. The molecule has 2 aromatic heterocycles. The van der Waals surface area contributed by atoms with Gasteiger partial charge in [-0.1, -0.05) is 18.2 Å². The van der Waals surface area contributed by atoms with E-state index in [0.29, 0.717) is 5.65 Å². The third-order valence-electron chi connectivity index (χ3n) is 3.89. The van der Waals surface area contributed by atoms with Gasteiger partial charge in [0, 0.05) is 11.5 Å². The van der Waals surface area contributed by atoms with Crippen molar-refractivity contribution >= 4 is 17.0 Å². The van der Waals surface area contributed by atoms with Gasteiger partial charge in [-0.3, -0.25) is 14.2 Å². The van der Waals surface area contributed by atoms with Crippen molar-refractivity contribution in [2.24, 2.45) is 0 Å². The van der Waals surface area contributed by atoms with Crippen molar-refractivity contribution in [3.8, 4) is 5.69 Å². The number of esters is 1. The number of fused-ring (bicyclic) bond motifs is 1. The van der Waals surface area contributed by atoms with E-state index in [0.717, 1.165) is 22.3 Å². The van der Waals surface area contributed by atoms with E-state index in [2.05, 4.69) is 5.10 Å². The van der Waals surface area contributed by atoms with Gasteiger partial charge in [-0.05, 0) is 38.5 Å². The summed E-state index contributed by atoms with van der Waals surface area (Å²) in [4.78, 5) is 24.4. The van der Waals surface area contributed by atoms with Crippen molar-refractivity contribution in [1.29, 1.82) is 0 Å². The zero-order valence-electron chi connectivity index (χ0n) is 13.9. The topological polar surface area (TPSA) is 66.1 Å². The molecular formula is C18H19N3O3. The number of aryl methyl sites for hydroxylation is 2. The van der Waals surface area contributed by atoms with Crippen LogP contribution in [0.5, 0.6) is 0 Å². The summed E-state index contributed by atoms with van der Waals surface area (Å²) in [6.45, 7) is 5.65. The number of hydrogen-bond acceptors (Lipinski definition) is 4. The number of nitrogens with zero attached hydrogens (tertiary/aromatic N) is 3. The molecule has 3 aromatic rings. The Hall–Kier alpha value is -2.89. The Labute approximate surface area is 139 Å². The van der Waals surface area contributed by atoms with Gasteiger partial charge in [0.2, 0.25) is 0 Å². The first-order valence-electron chi connectivity index (χ1n) is 7.83. The maximum atomic E-state index is 12.5. The summed E-state index contributed by atoms with van der Waals surface area (Å²) in [6.07, 6.45) is 0. The van der Waals surface area contributed by atoms with Gasteiger partial charge < -0.3 is 4.74 Å². The van der Waals surface area contributed by atoms with Gasteiger partial charge in [-0.25, -0.2) is 4.68 Å². The fraction of sp³-hybridized carbons (Fsp3) is 0.278. The molecule has 0 aliphatic carbocycles. The number of aromatic nitrogens is 3. The molecule has 0 radical (unpaired) electrons. The lowest BCUT2D eigenvalue weighted by Gasteiger charge is -2.11. The third-order valence-corrected chi connectivity index (χ3v) is 3.89. The van der Waals surface area contributed by atoms with Crippen LogP contribution in [-0.2, 0) is 16.1 Å². The molecule has 0 spiro atoms. The number of ether oxygens (including phenoxy) is 1. The first-order chi connectivity index (χ1) is 11.5. The standard InChI is InChI=1S/C18H19N3O3/c1-4-24-16(23)11-20-15(22)10-12(2)17-13(3)19-21(18(17)20)14-8-6-5-7-9-14/h5-10H,4,11H2,1-3H3. The molecule has 6 heteroatoms. The molecule has 6 nitrogen and oxygen atoms in total. The monoisotopic (exact) mass is 325 g/mol. The van der Waals surface area contributed by atoms with Gasteiger partial charge in [0.15, 0.2) is 0 Å². The van der Waals surface area contributed by atoms with Crippen LogP contribution in [0, 0.1) is 13.8 Å². The molecule has 0 fully saturated rings. The Morgan fingerprint density at radius 2 is 1.92 bits per heavy atom. The second-order valence-corrected chi connectivity index (χ2v) is 5.59. The minimum absolute atomic E-state index is 0.137. The molecule has 0 bridgehead atoms. The SMILES string of the molecule is CCOC(=O)Cn1c(=O)cc(C)c2c(C)nn(-c3ccccc3)c21. The number of carbonyl (C=O) groups excluding carboxylic acids is 1. The zero-order chi connectivity index (χ0) is 17.3. The lowest BCUT2D eigenvalue weighted by molar-refractivity contribution is -0.143. The third kappa shape index (κ3) is 2.71. The summed E-state index contributed by atoms with van der Waals surface area (Å²) in [7, 11) is 0. The molecule has 0 saturated carbocycles. The van der Waals surface area contributed by atoms with Crippen LogP contribution in [0.15, 0.2) is 41.2 Å². The highest BCUT2D eigenvalue weighted by Crippen LogP contribution is 2.23. The Morgan fingerprint density at radius 3 is 2.58 bits per heavy atom. The van der Waals surface area contributed by atoms with Crippen LogP contribution in [-0.4, -0.2) is 26.9 Å². The highest BCUT2D eigenvalue weighted by Gasteiger charge is 2.18. The highest BCUT2D eigenvalue weighted by atomic mass is 16.5. The van der Waals surface area contributed by atoms with Crippen LogP contribution in [0.2, 0.25) is 0 Å². The van der Waals surface area contributed by atoms with E-state index in [-0.39, 0.29) is 18.7 Å². The normalized spacial score (nSPS) is 11.0. The molecule has 0 aliphatic heterocycles. The molecule has 2 heterocycles. The Bertz CT molecular complexity index is 955. The van der Waals surface area contributed by atoms with Crippen LogP contribution in [0.25, 0.3) is 16.7 Å². The average Bonchev–Trinajstić information content (AvgIpc) is 2.90. The molecule has 0 aliphatic rings. The number of hydrogen-bond donors (Lipinski definition) is 0. The van der Waals surface area contributed by atoms with Gasteiger partial charge >= 0.3 is 5.97 Å². The summed E-state index contributed by atoms with van der Waals surface area (Å²) in [6, 6.07) is 11.1. The molecule has 0 saturated heterocycles. The first-order valence-corrected chi connectivity index (χ1v) is 7.83. The number of rotatable bonds is 4. The summed E-state index contributed by atoms with van der Waals surface area (Å²) < 4.78 is 8.13. The Kier molecular flexibility index (Phi) is 4.20. The van der Waals surface area contributed by atoms with Crippen molar-refractivity contribution in [3.63, 3.8) is 0 Å². The minimum Gasteiger partial charge on any atom is -0.465 e. The maximum Gasteiger partial charge on any atom is 0.326 e. The fourth-order valence-electron chi connectivity index (χ4n) is 2.90. The smallest absolute Gasteiger partial charge is 0.326 e. The van der Waals surface area contributed by atoms with Crippen molar-refractivity contribution in [1.82, 2.24) is 14.3 Å². The highest BCUT2D eigenvalue weighted by molar-refractivity contribution is 5.84. The van der Waals surface area contributed by atoms with E-state index >= 15 is 0 Å². The molecule has 0 unspecified atom stereocenters. The quantitative estimate of drug-likeness (QED) is 0.691. The number of benzene rings is 1. The first kappa shape index (κ1) is 16.0. The van der Waals surface area contributed by atoms with Gasteiger partial charge in [-0.2, -0.15) is 5.10 Å². The van der Waals surface area contributed by atoms with Crippen molar-refractivity contribution < 1.29 is 9.53 Å². The molecular weight excluding hydrogens is 306 g/mol. The van der Waals surface area contributed by atoms with Gasteiger partial charge in [0.25, 0.3) is 5.56 Å². The summed E-state index contributed by atoms with van der Waals surface area (Å²) in [5, 5.41) is 5.46. The number of carbonyl (C=O) groups is 1. The van der Waals surface area contributed by atoms with E-state index < -0.39 is 5.97 Å². The van der Waals surface area contributed by atoms with Crippen LogP contribution in [0.4, 0.5) is 0 Å². The Balaban J connectivity index is 2.31. The second-order valence-electron chi connectivity index (χ2n) is 5.59. The van der Waals surface area contributed by atoms with Crippen molar-refractivity contribution in [2.45, 2.75) is 27.3 Å². The van der Waals surface area contributed by atoms with Crippen LogP contribution < -0.4 is 5.56 Å². The molecule has 3 rings (SSSR count). The molecule has 24 heavy (non-hydrogen) atoms. The van der Waals surface area contributed by atoms with E-state index in [4.69, 9.17) is 4.74 Å². The number of para-hydroxylation sites is 1. The lowest BCUT2D eigenvalue weighted by Crippen LogP contribution is -2.26. The largest absolute Gasteiger partial charge is 0.465 e. The predicted molar refractivity (Wildman–Crippen MR) is 91.4 cm³/mol. The fourth-order valence-corrected chi connectivity index (χ4v) is 2.90. The van der Waals surface area contributed by atoms with Gasteiger partial charge in [-0.15, -0.1) is 0 Å². The Morgan fingerprint density at radius 1 is 1.21 bits per heavy atom. The molecule has 0 N–H and O–H groups in total. The summed E-state index contributed by atoms with van der Waals surface area (Å²) in [5.74, 6) is -0.441. The van der Waals surface area contributed by atoms with Gasteiger partial charge in [0.1, 0.15) is 12.2 Å².